The molecule has 3 aromatic carbocycles. The first-order valence-electron chi connectivity index (χ1n) is 9.87. The summed E-state index contributed by atoms with van der Waals surface area (Å²) in [6.07, 6.45) is 0. The number of ether oxygens (including phenoxy) is 1. The first-order valence-corrected chi connectivity index (χ1v) is 9.87. The fourth-order valence-electron chi connectivity index (χ4n) is 3.65. The molecule has 0 saturated heterocycles. The van der Waals surface area contributed by atoms with E-state index in [9.17, 15) is 34.6 Å². The molecule has 11 nitrogen and oxygen atoms in total. The molecule has 0 saturated carbocycles. The van der Waals surface area contributed by atoms with Gasteiger partial charge in [-0.05, 0) is 36.8 Å². The number of carbonyl (C=O) groups is 3. The van der Waals surface area contributed by atoms with Crippen LogP contribution in [0.1, 0.15) is 42.2 Å². The summed E-state index contributed by atoms with van der Waals surface area (Å²) in [5, 5.41) is 22.5. The summed E-state index contributed by atoms with van der Waals surface area (Å²) < 4.78 is 5.21. The van der Waals surface area contributed by atoms with E-state index in [0.717, 1.165) is 11.0 Å². The molecule has 0 aliphatic carbocycles. The van der Waals surface area contributed by atoms with Crippen LogP contribution in [-0.2, 0) is 11.3 Å². The van der Waals surface area contributed by atoms with Crippen LogP contribution in [0.25, 0.3) is 0 Å². The molecule has 1 aliphatic rings. The molecule has 0 bridgehead atoms. The fraction of sp³-hybridized carbons (Fsp3) is 0.0870. The number of carbonyl (C=O) groups excluding carboxylic acids is 3. The standard InChI is InChI=1S/C23H15N3O8/c1-13-9-10-14(23(29)34-12-15-5-2-3-7-17(15)25(30)31)11-19(13)24-21(27)16-6-4-8-18(26(32)33)20(16)22(24)28/h2-11H,12H2,1H3. The molecule has 0 radical (unpaired) electrons. The van der Waals surface area contributed by atoms with Crippen LogP contribution in [0, 0.1) is 27.2 Å². The van der Waals surface area contributed by atoms with Crippen LogP contribution >= 0.6 is 0 Å². The summed E-state index contributed by atoms with van der Waals surface area (Å²) in [5.41, 5.74) is -0.396. The Kier molecular flexibility index (Phi) is 5.60. The van der Waals surface area contributed by atoms with Crippen LogP contribution in [0.3, 0.4) is 0 Å². The summed E-state index contributed by atoms with van der Waals surface area (Å²) >= 11 is 0. The van der Waals surface area contributed by atoms with E-state index in [0.29, 0.717) is 5.56 Å². The van der Waals surface area contributed by atoms with Crippen LogP contribution in [0.15, 0.2) is 60.7 Å². The Morgan fingerprint density at radius 1 is 0.912 bits per heavy atom. The van der Waals surface area contributed by atoms with E-state index in [2.05, 4.69) is 0 Å². The van der Waals surface area contributed by atoms with E-state index in [4.69, 9.17) is 4.74 Å². The average Bonchev–Trinajstić information content (AvgIpc) is 3.07. The molecule has 0 spiro atoms. The number of anilines is 1. The molecule has 11 heteroatoms. The van der Waals surface area contributed by atoms with Crippen LogP contribution < -0.4 is 4.90 Å². The molecule has 0 fully saturated rings. The fourth-order valence-corrected chi connectivity index (χ4v) is 3.65. The average molecular weight is 461 g/mol. The van der Waals surface area contributed by atoms with Crippen LogP contribution in [0.5, 0.6) is 0 Å². The van der Waals surface area contributed by atoms with Crippen molar-refractivity contribution >= 4 is 34.8 Å². The Bertz CT molecular complexity index is 1400. The highest BCUT2D eigenvalue weighted by Gasteiger charge is 2.42. The predicted molar refractivity (Wildman–Crippen MR) is 118 cm³/mol. The summed E-state index contributed by atoms with van der Waals surface area (Å²) in [5.74, 6) is -2.46. The minimum absolute atomic E-state index is 0.00904. The molecule has 0 aromatic heterocycles. The number of nitrogens with zero attached hydrogens (tertiary/aromatic N) is 3. The molecule has 0 atom stereocenters. The number of nitro benzene ring substituents is 2. The molecule has 0 unspecified atom stereocenters. The number of fused-ring (bicyclic) bond motifs is 1. The smallest absolute Gasteiger partial charge is 0.338 e. The number of rotatable bonds is 6. The van der Waals surface area contributed by atoms with Crippen molar-refractivity contribution in [1.29, 1.82) is 0 Å². The van der Waals surface area contributed by atoms with Crippen molar-refractivity contribution in [1.82, 2.24) is 0 Å². The third kappa shape index (κ3) is 3.75. The molecular weight excluding hydrogens is 446 g/mol. The Morgan fingerprint density at radius 2 is 1.59 bits per heavy atom. The maximum atomic E-state index is 13.0. The van der Waals surface area contributed by atoms with Crippen molar-refractivity contribution in [3.8, 4) is 0 Å². The second kappa shape index (κ2) is 8.54. The highest BCUT2D eigenvalue weighted by atomic mass is 16.6. The SMILES string of the molecule is Cc1ccc(C(=O)OCc2ccccc2[N+](=O)[O-])cc1N1C(=O)c2cccc([N+](=O)[O-])c2C1=O. The predicted octanol–water partition coefficient (Wildman–Crippen LogP) is 3.97. The zero-order chi connectivity index (χ0) is 24.6. The van der Waals surface area contributed by atoms with E-state index in [1.807, 2.05) is 0 Å². The van der Waals surface area contributed by atoms with Gasteiger partial charge in [0.05, 0.1) is 32.2 Å². The number of imide groups is 1. The van der Waals surface area contributed by atoms with Gasteiger partial charge in [0, 0.05) is 12.1 Å². The van der Waals surface area contributed by atoms with E-state index in [1.54, 1.807) is 13.0 Å². The third-order valence-corrected chi connectivity index (χ3v) is 5.32. The Labute approximate surface area is 191 Å². The van der Waals surface area contributed by atoms with Crippen molar-refractivity contribution in [3.05, 3.63) is 109 Å². The van der Waals surface area contributed by atoms with Crippen LogP contribution in [-0.4, -0.2) is 27.6 Å². The van der Waals surface area contributed by atoms with Crippen molar-refractivity contribution in [2.24, 2.45) is 0 Å². The lowest BCUT2D eigenvalue weighted by molar-refractivity contribution is -0.385. The number of benzene rings is 3. The van der Waals surface area contributed by atoms with Crippen LogP contribution in [0.4, 0.5) is 17.1 Å². The van der Waals surface area contributed by atoms with Gasteiger partial charge >= 0.3 is 5.97 Å². The van der Waals surface area contributed by atoms with E-state index in [-0.39, 0.29) is 40.2 Å². The van der Waals surface area contributed by atoms with Gasteiger partial charge in [-0.25, -0.2) is 9.69 Å². The Balaban J connectivity index is 1.63. The number of hydrogen-bond acceptors (Lipinski definition) is 8. The lowest BCUT2D eigenvalue weighted by Crippen LogP contribution is -2.30. The zero-order valence-electron chi connectivity index (χ0n) is 17.6. The van der Waals surface area contributed by atoms with E-state index >= 15 is 0 Å². The van der Waals surface area contributed by atoms with Gasteiger partial charge in [-0.1, -0.05) is 24.3 Å². The molecule has 34 heavy (non-hydrogen) atoms. The summed E-state index contributed by atoms with van der Waals surface area (Å²) in [6, 6.07) is 13.8. The molecule has 1 aliphatic heterocycles. The Hall–Kier alpha value is -4.93. The molecule has 1 heterocycles. The van der Waals surface area contributed by atoms with Crippen LogP contribution in [0.2, 0.25) is 0 Å². The van der Waals surface area contributed by atoms with Crippen molar-refractivity contribution < 1.29 is 29.0 Å². The number of nitro groups is 2. The molecule has 0 N–H and O–H groups in total. The molecular formula is C23H15N3O8. The maximum absolute atomic E-state index is 13.0. The number of para-hydroxylation sites is 1. The number of esters is 1. The number of aryl methyl sites for hydroxylation is 1. The quantitative estimate of drug-likeness (QED) is 0.232. The van der Waals surface area contributed by atoms with Crippen molar-refractivity contribution in [2.45, 2.75) is 13.5 Å². The topological polar surface area (TPSA) is 150 Å². The minimum atomic E-state index is -0.874. The van der Waals surface area contributed by atoms with Crippen molar-refractivity contribution in [3.63, 3.8) is 0 Å². The first kappa shape index (κ1) is 22.3. The highest BCUT2D eigenvalue weighted by molar-refractivity contribution is 6.36. The van der Waals surface area contributed by atoms with Gasteiger partial charge < -0.3 is 4.74 Å². The van der Waals surface area contributed by atoms with Gasteiger partial charge in [-0.3, -0.25) is 29.8 Å². The van der Waals surface area contributed by atoms with Gasteiger partial charge in [-0.2, -0.15) is 0 Å². The number of hydrogen-bond donors (Lipinski definition) is 0. The van der Waals surface area contributed by atoms with Gasteiger partial charge in [0.15, 0.2) is 0 Å². The molecule has 4 rings (SSSR count). The maximum Gasteiger partial charge on any atom is 0.338 e. The second-order valence-corrected chi connectivity index (χ2v) is 7.37. The van der Waals surface area contributed by atoms with Gasteiger partial charge in [0.25, 0.3) is 23.2 Å². The normalized spacial score (nSPS) is 12.4. The lowest BCUT2D eigenvalue weighted by atomic mass is 10.1. The highest BCUT2D eigenvalue weighted by Crippen LogP contribution is 2.35. The summed E-state index contributed by atoms with van der Waals surface area (Å²) in [7, 11) is 0. The largest absolute Gasteiger partial charge is 0.457 e. The summed E-state index contributed by atoms with van der Waals surface area (Å²) in [6.45, 7) is 1.24. The molecule has 170 valence electrons. The van der Waals surface area contributed by atoms with E-state index < -0.39 is 33.3 Å². The number of amides is 2. The monoisotopic (exact) mass is 461 g/mol. The molecule has 3 aromatic rings. The lowest BCUT2D eigenvalue weighted by Gasteiger charge is -2.17. The minimum Gasteiger partial charge on any atom is -0.457 e. The second-order valence-electron chi connectivity index (χ2n) is 7.37. The van der Waals surface area contributed by atoms with Gasteiger partial charge in [0.1, 0.15) is 12.2 Å². The first-order chi connectivity index (χ1) is 16.2. The van der Waals surface area contributed by atoms with Gasteiger partial charge in [-0.15, -0.1) is 0 Å². The third-order valence-electron chi connectivity index (χ3n) is 5.32. The zero-order valence-corrected chi connectivity index (χ0v) is 17.6. The molecule has 2 amide bonds. The van der Waals surface area contributed by atoms with Gasteiger partial charge in [0.2, 0.25) is 0 Å². The summed E-state index contributed by atoms with van der Waals surface area (Å²) in [4.78, 5) is 60.5. The van der Waals surface area contributed by atoms with E-state index in [1.165, 1.54) is 48.5 Å². The Morgan fingerprint density at radius 3 is 2.29 bits per heavy atom. The van der Waals surface area contributed by atoms with Crippen molar-refractivity contribution in [2.75, 3.05) is 4.90 Å².